The van der Waals surface area contributed by atoms with Crippen LogP contribution in [-0.4, -0.2) is 6.61 Å². The van der Waals surface area contributed by atoms with Gasteiger partial charge in [-0.2, -0.15) is 0 Å². The molecule has 0 saturated carbocycles. The van der Waals surface area contributed by atoms with Gasteiger partial charge in [0.25, 0.3) is 0 Å². The third kappa shape index (κ3) is 4.32. The summed E-state index contributed by atoms with van der Waals surface area (Å²) < 4.78 is 6.21. The summed E-state index contributed by atoms with van der Waals surface area (Å²) in [6.07, 6.45) is 4.66. The maximum atomic E-state index is 6.21. The molecule has 144 valence electrons. The lowest BCUT2D eigenvalue weighted by Gasteiger charge is -2.25. The van der Waals surface area contributed by atoms with E-state index >= 15 is 0 Å². The fourth-order valence-electron chi connectivity index (χ4n) is 3.83. The molecular weight excluding hydrogens is 383 g/mol. The smallest absolute Gasteiger partial charge is 0.140 e. The first-order valence-corrected chi connectivity index (χ1v) is 11.7. The standard InChI is InChI=1S/C25H26OP.ClH/c1-6-14-23(15-7-1)27(24-16-8-2-9-17-24,25-18-10-3-11-19-25)21-22-13-5-4-12-20-26-22;/h1-3,6-11,14-19,21H,4-5,12-13,20H2;1H/q+1;/p-1/b22-21+;. The van der Waals surface area contributed by atoms with E-state index in [9.17, 15) is 0 Å². The fourth-order valence-corrected chi connectivity index (χ4v) is 7.74. The number of hydrogen-bond donors (Lipinski definition) is 0. The minimum absolute atomic E-state index is 0. The number of allylic oxidation sites excluding steroid dienone is 1. The second-order valence-corrected chi connectivity index (χ2v) is 10.2. The summed E-state index contributed by atoms with van der Waals surface area (Å²) in [4.78, 5) is 0. The molecule has 0 spiro atoms. The molecule has 0 atom stereocenters. The Hall–Kier alpha value is -2.08. The highest BCUT2D eigenvalue weighted by atomic mass is 35.5. The van der Waals surface area contributed by atoms with Gasteiger partial charge in [0.2, 0.25) is 0 Å². The molecule has 3 aromatic rings. The van der Waals surface area contributed by atoms with Gasteiger partial charge >= 0.3 is 0 Å². The molecular formula is C25H26ClOP. The predicted molar refractivity (Wildman–Crippen MR) is 118 cm³/mol. The van der Waals surface area contributed by atoms with Crippen LogP contribution in [0.15, 0.2) is 103 Å². The molecule has 4 rings (SSSR count). The molecule has 1 aliphatic rings. The third-order valence-electron chi connectivity index (χ3n) is 5.18. The van der Waals surface area contributed by atoms with Crippen LogP contribution in [0.25, 0.3) is 0 Å². The van der Waals surface area contributed by atoms with Crippen molar-refractivity contribution in [1.82, 2.24) is 0 Å². The maximum absolute atomic E-state index is 6.21. The largest absolute Gasteiger partial charge is 1.00 e. The van der Waals surface area contributed by atoms with E-state index in [1.807, 2.05) is 0 Å². The zero-order valence-corrected chi connectivity index (χ0v) is 17.7. The van der Waals surface area contributed by atoms with Gasteiger partial charge in [-0.3, -0.25) is 0 Å². The van der Waals surface area contributed by atoms with Gasteiger partial charge < -0.3 is 17.1 Å². The van der Waals surface area contributed by atoms with Crippen molar-refractivity contribution in [1.29, 1.82) is 0 Å². The van der Waals surface area contributed by atoms with Crippen LogP contribution < -0.4 is 28.3 Å². The normalized spacial score (nSPS) is 15.9. The summed E-state index contributed by atoms with van der Waals surface area (Å²) in [5, 5.41) is 4.13. The number of hydrogen-bond acceptors (Lipinski definition) is 1. The van der Waals surface area contributed by atoms with E-state index in [-0.39, 0.29) is 12.4 Å². The van der Waals surface area contributed by atoms with Crippen LogP contribution in [0.1, 0.15) is 25.7 Å². The first-order chi connectivity index (χ1) is 13.4. The lowest BCUT2D eigenvalue weighted by atomic mass is 10.2. The van der Waals surface area contributed by atoms with Crippen LogP contribution in [0, 0.1) is 0 Å². The quantitative estimate of drug-likeness (QED) is 0.602. The molecule has 1 heterocycles. The summed E-state index contributed by atoms with van der Waals surface area (Å²) in [6.45, 7) is 0.838. The molecule has 1 aliphatic heterocycles. The van der Waals surface area contributed by atoms with Crippen LogP contribution in [-0.2, 0) is 4.74 Å². The Kier molecular flexibility index (Phi) is 7.31. The highest BCUT2D eigenvalue weighted by Gasteiger charge is 2.44. The molecule has 1 fully saturated rings. The monoisotopic (exact) mass is 408 g/mol. The van der Waals surface area contributed by atoms with Crippen molar-refractivity contribution in [3.8, 4) is 0 Å². The lowest BCUT2D eigenvalue weighted by molar-refractivity contribution is -0.00000606. The van der Waals surface area contributed by atoms with Crippen LogP contribution in [0.2, 0.25) is 0 Å². The van der Waals surface area contributed by atoms with Gasteiger partial charge in [-0.15, -0.1) is 0 Å². The van der Waals surface area contributed by atoms with Gasteiger partial charge in [0.05, 0.1) is 6.61 Å². The molecule has 1 nitrogen and oxygen atoms in total. The molecule has 28 heavy (non-hydrogen) atoms. The zero-order valence-electron chi connectivity index (χ0n) is 16.0. The van der Waals surface area contributed by atoms with Crippen molar-refractivity contribution in [2.45, 2.75) is 25.7 Å². The van der Waals surface area contributed by atoms with Gasteiger partial charge in [-0.25, -0.2) is 0 Å². The van der Waals surface area contributed by atoms with Crippen molar-refractivity contribution in [2.75, 3.05) is 6.61 Å². The van der Waals surface area contributed by atoms with Crippen molar-refractivity contribution >= 4 is 23.2 Å². The molecule has 0 amide bonds. The second kappa shape index (κ2) is 9.92. The van der Waals surface area contributed by atoms with E-state index < -0.39 is 7.26 Å². The Morgan fingerprint density at radius 2 is 1.07 bits per heavy atom. The molecule has 3 aromatic carbocycles. The van der Waals surface area contributed by atoms with E-state index in [1.54, 1.807) is 0 Å². The van der Waals surface area contributed by atoms with Gasteiger partial charge in [-0.05, 0) is 55.7 Å². The highest BCUT2D eigenvalue weighted by molar-refractivity contribution is 7.98. The average molecular weight is 409 g/mol. The highest BCUT2D eigenvalue weighted by Crippen LogP contribution is 2.58. The molecule has 0 aromatic heterocycles. The van der Waals surface area contributed by atoms with Gasteiger partial charge in [0.15, 0.2) is 0 Å². The van der Waals surface area contributed by atoms with Gasteiger partial charge in [0.1, 0.15) is 34.8 Å². The summed E-state index contributed by atoms with van der Waals surface area (Å²) >= 11 is 0. The molecule has 0 unspecified atom stereocenters. The van der Waals surface area contributed by atoms with E-state index in [0.717, 1.165) is 25.2 Å². The van der Waals surface area contributed by atoms with E-state index in [4.69, 9.17) is 4.74 Å². The average Bonchev–Trinajstić information content (AvgIpc) is 3.02. The zero-order chi connectivity index (χ0) is 18.4. The van der Waals surface area contributed by atoms with E-state index in [1.165, 1.54) is 28.8 Å². The summed E-state index contributed by atoms with van der Waals surface area (Å²) in [7, 11) is -1.93. The lowest BCUT2D eigenvalue weighted by Crippen LogP contribution is -3.00. The Balaban J connectivity index is 0.00000225. The van der Waals surface area contributed by atoms with Crippen LogP contribution in [0.4, 0.5) is 0 Å². The van der Waals surface area contributed by atoms with Crippen LogP contribution in [0.3, 0.4) is 0 Å². The third-order valence-corrected chi connectivity index (χ3v) is 9.20. The Labute approximate surface area is 175 Å². The predicted octanol–water partition coefficient (Wildman–Crippen LogP) is 2.42. The van der Waals surface area contributed by atoms with Crippen molar-refractivity contribution in [3.63, 3.8) is 0 Å². The topological polar surface area (TPSA) is 9.23 Å². The first-order valence-electron chi connectivity index (χ1n) is 9.80. The summed E-state index contributed by atoms with van der Waals surface area (Å²) in [6, 6.07) is 32.9. The van der Waals surface area contributed by atoms with E-state index in [0.29, 0.717) is 0 Å². The molecule has 1 saturated heterocycles. The number of ether oxygens (including phenoxy) is 1. The van der Waals surface area contributed by atoms with Crippen molar-refractivity contribution < 1.29 is 17.1 Å². The SMILES string of the molecule is C(=C1/CCCCCO1)/[P+](c1ccccc1)(c1ccccc1)c1ccccc1.[Cl-]. The summed E-state index contributed by atoms with van der Waals surface area (Å²) in [5.41, 5.74) is 0. The van der Waals surface area contributed by atoms with Crippen LogP contribution >= 0.6 is 7.26 Å². The summed E-state index contributed by atoms with van der Waals surface area (Å²) in [5.74, 6) is 3.65. The molecule has 0 aliphatic carbocycles. The number of rotatable bonds is 4. The number of halogens is 1. The maximum Gasteiger partial charge on any atom is 0.140 e. The molecule has 0 bridgehead atoms. The Morgan fingerprint density at radius 3 is 1.54 bits per heavy atom. The first kappa shape index (κ1) is 20.6. The van der Waals surface area contributed by atoms with Crippen molar-refractivity contribution in [3.05, 3.63) is 103 Å². The molecule has 0 N–H and O–H groups in total. The second-order valence-electron chi connectivity index (χ2n) is 6.98. The number of benzene rings is 3. The minimum Gasteiger partial charge on any atom is -1.00 e. The Morgan fingerprint density at radius 1 is 0.607 bits per heavy atom. The van der Waals surface area contributed by atoms with Crippen LogP contribution in [0.5, 0.6) is 0 Å². The Bertz CT molecular complexity index is 772. The van der Waals surface area contributed by atoms with Gasteiger partial charge in [0, 0.05) is 6.42 Å². The van der Waals surface area contributed by atoms with E-state index in [2.05, 4.69) is 96.8 Å². The molecule has 3 heteroatoms. The fraction of sp³-hybridized carbons (Fsp3) is 0.200. The molecule has 0 radical (unpaired) electrons. The van der Waals surface area contributed by atoms with Crippen molar-refractivity contribution in [2.24, 2.45) is 0 Å². The minimum atomic E-state index is -1.93. The van der Waals surface area contributed by atoms with Gasteiger partial charge in [-0.1, -0.05) is 54.6 Å².